The molecule has 2 atom stereocenters. The van der Waals surface area contributed by atoms with Gasteiger partial charge in [-0.2, -0.15) is 0 Å². The minimum absolute atomic E-state index is 0.0466. The second-order valence-electron chi connectivity index (χ2n) is 6.02. The van der Waals surface area contributed by atoms with Crippen LogP contribution in [-0.2, 0) is 4.79 Å². The lowest BCUT2D eigenvalue weighted by Crippen LogP contribution is -2.37. The van der Waals surface area contributed by atoms with Gasteiger partial charge >= 0.3 is 5.97 Å². The first-order valence-electron chi connectivity index (χ1n) is 7.57. The van der Waals surface area contributed by atoms with E-state index in [4.69, 9.17) is 0 Å². The van der Waals surface area contributed by atoms with E-state index >= 15 is 0 Å². The van der Waals surface area contributed by atoms with Crippen molar-refractivity contribution in [3.8, 4) is 0 Å². The molecule has 114 valence electrons. The second kappa shape index (κ2) is 6.74. The maximum absolute atomic E-state index is 12.3. The molecular formula is C17H23NO3. The molecule has 1 aromatic carbocycles. The zero-order valence-corrected chi connectivity index (χ0v) is 12.7. The van der Waals surface area contributed by atoms with Gasteiger partial charge in [-0.3, -0.25) is 9.59 Å². The number of rotatable bonds is 4. The standard InChI is InChI=1S/C17H23NO3/c1-11-7-8-12(2)15(9-11)16(19)18-10-13-5-3-4-6-14(13)17(20)21/h7-9,13-14H,3-6,10H2,1-2H3,(H,18,19)(H,20,21). The molecule has 0 bridgehead atoms. The Bertz CT molecular complexity index is 539. The van der Waals surface area contributed by atoms with Crippen LogP contribution in [0.1, 0.15) is 47.2 Å². The molecule has 0 spiro atoms. The number of aryl methyl sites for hydroxylation is 2. The number of carbonyl (C=O) groups excluding carboxylic acids is 1. The van der Waals surface area contributed by atoms with Crippen LogP contribution in [0.25, 0.3) is 0 Å². The molecule has 0 radical (unpaired) electrons. The summed E-state index contributed by atoms with van der Waals surface area (Å²) < 4.78 is 0. The number of carboxylic acids is 1. The molecule has 2 unspecified atom stereocenters. The van der Waals surface area contributed by atoms with Crippen LogP contribution in [0.5, 0.6) is 0 Å². The molecule has 1 amide bonds. The lowest BCUT2D eigenvalue weighted by atomic mass is 9.79. The molecule has 0 aromatic heterocycles. The van der Waals surface area contributed by atoms with E-state index in [0.29, 0.717) is 12.1 Å². The molecular weight excluding hydrogens is 266 g/mol. The highest BCUT2D eigenvalue weighted by atomic mass is 16.4. The summed E-state index contributed by atoms with van der Waals surface area (Å²) in [5.41, 5.74) is 2.67. The number of benzene rings is 1. The Hall–Kier alpha value is -1.84. The summed E-state index contributed by atoms with van der Waals surface area (Å²) in [4.78, 5) is 23.5. The number of hydrogen-bond acceptors (Lipinski definition) is 2. The maximum Gasteiger partial charge on any atom is 0.306 e. The van der Waals surface area contributed by atoms with Gasteiger partial charge in [-0.15, -0.1) is 0 Å². The van der Waals surface area contributed by atoms with Crippen LogP contribution in [-0.4, -0.2) is 23.5 Å². The van der Waals surface area contributed by atoms with Gasteiger partial charge in [0.1, 0.15) is 0 Å². The first-order valence-corrected chi connectivity index (χ1v) is 7.57. The van der Waals surface area contributed by atoms with Crippen LogP contribution in [0.4, 0.5) is 0 Å². The van der Waals surface area contributed by atoms with E-state index in [0.717, 1.165) is 36.8 Å². The Morgan fingerprint density at radius 1 is 1.24 bits per heavy atom. The molecule has 21 heavy (non-hydrogen) atoms. The van der Waals surface area contributed by atoms with Crippen molar-refractivity contribution in [3.63, 3.8) is 0 Å². The van der Waals surface area contributed by atoms with Crippen molar-refractivity contribution in [2.24, 2.45) is 11.8 Å². The number of aliphatic carboxylic acids is 1. The quantitative estimate of drug-likeness (QED) is 0.895. The van der Waals surface area contributed by atoms with Gasteiger partial charge in [-0.1, -0.05) is 30.5 Å². The van der Waals surface area contributed by atoms with E-state index in [9.17, 15) is 14.7 Å². The lowest BCUT2D eigenvalue weighted by Gasteiger charge is -2.28. The summed E-state index contributed by atoms with van der Waals surface area (Å²) in [6.07, 6.45) is 3.62. The molecule has 1 aromatic rings. The van der Waals surface area contributed by atoms with Crippen molar-refractivity contribution in [1.82, 2.24) is 5.32 Å². The van der Waals surface area contributed by atoms with E-state index in [2.05, 4.69) is 5.32 Å². The van der Waals surface area contributed by atoms with E-state index in [1.165, 1.54) is 0 Å². The van der Waals surface area contributed by atoms with Crippen molar-refractivity contribution in [2.45, 2.75) is 39.5 Å². The highest BCUT2D eigenvalue weighted by molar-refractivity contribution is 5.95. The molecule has 4 nitrogen and oxygen atoms in total. The van der Waals surface area contributed by atoms with E-state index in [1.54, 1.807) is 0 Å². The SMILES string of the molecule is Cc1ccc(C)c(C(=O)NCC2CCCCC2C(=O)O)c1. The Kier molecular flexibility index (Phi) is 4.99. The monoisotopic (exact) mass is 289 g/mol. The van der Waals surface area contributed by atoms with Crippen molar-refractivity contribution >= 4 is 11.9 Å². The molecule has 2 N–H and O–H groups in total. The summed E-state index contributed by atoms with van der Waals surface area (Å²) in [6, 6.07) is 5.79. The number of nitrogens with one attached hydrogen (secondary N) is 1. The largest absolute Gasteiger partial charge is 0.481 e. The molecule has 1 saturated carbocycles. The first kappa shape index (κ1) is 15.5. The fraction of sp³-hybridized carbons (Fsp3) is 0.529. The van der Waals surface area contributed by atoms with E-state index < -0.39 is 5.97 Å². The average molecular weight is 289 g/mol. The summed E-state index contributed by atoms with van der Waals surface area (Å²) in [5, 5.41) is 12.2. The average Bonchev–Trinajstić information content (AvgIpc) is 2.47. The van der Waals surface area contributed by atoms with Crippen molar-refractivity contribution in [1.29, 1.82) is 0 Å². The fourth-order valence-electron chi connectivity index (χ4n) is 3.08. The third kappa shape index (κ3) is 3.84. The molecule has 1 fully saturated rings. The van der Waals surface area contributed by atoms with Gasteiger partial charge in [0.15, 0.2) is 0 Å². The minimum atomic E-state index is -0.735. The Morgan fingerprint density at radius 3 is 2.67 bits per heavy atom. The Labute approximate surface area is 125 Å². The number of hydrogen-bond donors (Lipinski definition) is 2. The van der Waals surface area contributed by atoms with Crippen molar-refractivity contribution in [2.75, 3.05) is 6.54 Å². The molecule has 0 aliphatic heterocycles. The Balaban J connectivity index is 1.99. The fourth-order valence-corrected chi connectivity index (χ4v) is 3.08. The molecule has 1 aliphatic carbocycles. The topological polar surface area (TPSA) is 66.4 Å². The molecule has 2 rings (SSSR count). The van der Waals surface area contributed by atoms with Gasteiger partial charge in [0, 0.05) is 12.1 Å². The Morgan fingerprint density at radius 2 is 1.95 bits per heavy atom. The normalized spacial score (nSPS) is 21.8. The van der Waals surface area contributed by atoms with Crippen LogP contribution >= 0.6 is 0 Å². The predicted molar refractivity (Wildman–Crippen MR) is 81.3 cm³/mol. The van der Waals surface area contributed by atoms with Gasteiger partial charge in [-0.05, 0) is 44.2 Å². The minimum Gasteiger partial charge on any atom is -0.481 e. The highest BCUT2D eigenvalue weighted by Crippen LogP contribution is 2.29. The van der Waals surface area contributed by atoms with Gasteiger partial charge in [0.05, 0.1) is 5.92 Å². The van der Waals surface area contributed by atoms with Crippen molar-refractivity contribution in [3.05, 3.63) is 34.9 Å². The molecule has 4 heteroatoms. The van der Waals surface area contributed by atoms with Crippen LogP contribution in [0, 0.1) is 25.7 Å². The first-order chi connectivity index (χ1) is 9.99. The van der Waals surface area contributed by atoms with Crippen LogP contribution < -0.4 is 5.32 Å². The number of carbonyl (C=O) groups is 2. The zero-order chi connectivity index (χ0) is 15.4. The maximum atomic E-state index is 12.3. The van der Waals surface area contributed by atoms with Crippen molar-refractivity contribution < 1.29 is 14.7 Å². The van der Waals surface area contributed by atoms with Gasteiger partial charge in [-0.25, -0.2) is 0 Å². The van der Waals surface area contributed by atoms with Gasteiger partial charge in [0.25, 0.3) is 5.91 Å². The summed E-state index contributed by atoms with van der Waals surface area (Å²) in [5.74, 6) is -1.12. The summed E-state index contributed by atoms with van der Waals surface area (Å²) >= 11 is 0. The van der Waals surface area contributed by atoms with Gasteiger partial charge < -0.3 is 10.4 Å². The van der Waals surface area contributed by atoms with E-state index in [1.807, 2.05) is 32.0 Å². The smallest absolute Gasteiger partial charge is 0.306 e. The predicted octanol–water partition coefficient (Wildman–Crippen LogP) is 2.92. The lowest BCUT2D eigenvalue weighted by molar-refractivity contribution is -0.144. The molecule has 0 saturated heterocycles. The van der Waals surface area contributed by atoms with Crippen LogP contribution in [0.15, 0.2) is 18.2 Å². The van der Waals surface area contributed by atoms with Crippen LogP contribution in [0.2, 0.25) is 0 Å². The zero-order valence-electron chi connectivity index (χ0n) is 12.7. The highest BCUT2D eigenvalue weighted by Gasteiger charge is 2.30. The third-order valence-electron chi connectivity index (χ3n) is 4.39. The summed E-state index contributed by atoms with van der Waals surface area (Å²) in [7, 11) is 0. The number of carboxylic acid groups (broad SMARTS) is 1. The van der Waals surface area contributed by atoms with Gasteiger partial charge in [0.2, 0.25) is 0 Å². The van der Waals surface area contributed by atoms with E-state index in [-0.39, 0.29) is 17.7 Å². The summed E-state index contributed by atoms with van der Waals surface area (Å²) in [6.45, 7) is 4.32. The van der Waals surface area contributed by atoms with Crippen LogP contribution in [0.3, 0.4) is 0 Å². The molecule has 0 heterocycles. The third-order valence-corrected chi connectivity index (χ3v) is 4.39. The number of amides is 1. The molecule has 1 aliphatic rings. The second-order valence-corrected chi connectivity index (χ2v) is 6.02.